The molecule has 0 aliphatic heterocycles. The predicted octanol–water partition coefficient (Wildman–Crippen LogP) is 2.52. The summed E-state index contributed by atoms with van der Waals surface area (Å²) in [4.78, 5) is 23.7. The zero-order valence-corrected chi connectivity index (χ0v) is 9.48. The highest BCUT2D eigenvalue weighted by atomic mass is 16.1. The van der Waals surface area contributed by atoms with Gasteiger partial charge < -0.3 is 0 Å². The molecule has 2 rings (SSSR count). The summed E-state index contributed by atoms with van der Waals surface area (Å²) in [7, 11) is 0. The summed E-state index contributed by atoms with van der Waals surface area (Å²) >= 11 is 0. The molecule has 1 unspecified atom stereocenters. The third kappa shape index (κ3) is 2.12. The molecule has 0 aromatic heterocycles. The minimum Gasteiger partial charge on any atom is -0.298 e. The van der Waals surface area contributed by atoms with E-state index in [0.29, 0.717) is 24.8 Å². The number of carbonyl (C=O) groups excluding carboxylic acids is 2. The second-order valence-electron chi connectivity index (χ2n) is 4.44. The Morgan fingerprint density at radius 3 is 2.59 bits per heavy atom. The number of Topliss-reactive ketones (excluding diaryl/α,β-unsaturated/α-hetero) is 2. The molecule has 17 heavy (non-hydrogen) atoms. The molecule has 86 valence electrons. The van der Waals surface area contributed by atoms with Crippen LogP contribution in [0.5, 0.6) is 0 Å². The molecule has 1 saturated carbocycles. The van der Waals surface area contributed by atoms with Crippen molar-refractivity contribution in [2.24, 2.45) is 5.41 Å². The third-order valence-electron chi connectivity index (χ3n) is 3.31. The molecule has 0 N–H and O–H groups in total. The summed E-state index contributed by atoms with van der Waals surface area (Å²) in [5.74, 6) is -0.202. The molecule has 1 aromatic carbocycles. The lowest BCUT2D eigenvalue weighted by molar-refractivity contribution is -0.123. The van der Waals surface area contributed by atoms with Crippen LogP contribution in [-0.4, -0.2) is 11.6 Å². The standard InChI is InChI=1S/C14H13NO2/c15-10-14(8-4-7-13(14)17)9-12(16)11-5-2-1-3-6-11/h1-3,5-6H,4,7-9H2. The monoisotopic (exact) mass is 227 g/mol. The van der Waals surface area contributed by atoms with Crippen molar-refractivity contribution < 1.29 is 9.59 Å². The summed E-state index contributed by atoms with van der Waals surface area (Å²) in [5.41, 5.74) is -0.491. The van der Waals surface area contributed by atoms with Crippen LogP contribution in [0.1, 0.15) is 36.0 Å². The van der Waals surface area contributed by atoms with Crippen LogP contribution in [-0.2, 0) is 4.79 Å². The maximum absolute atomic E-state index is 12.0. The van der Waals surface area contributed by atoms with E-state index in [2.05, 4.69) is 6.07 Å². The van der Waals surface area contributed by atoms with Gasteiger partial charge in [-0.05, 0) is 12.8 Å². The lowest BCUT2D eigenvalue weighted by Gasteiger charge is -2.17. The Morgan fingerprint density at radius 1 is 1.35 bits per heavy atom. The molecule has 1 atom stereocenters. The minimum atomic E-state index is -1.06. The maximum atomic E-state index is 12.0. The molecule has 0 bridgehead atoms. The van der Waals surface area contributed by atoms with E-state index in [1.807, 2.05) is 6.07 Å². The molecule has 1 aliphatic carbocycles. The Morgan fingerprint density at radius 2 is 2.06 bits per heavy atom. The Balaban J connectivity index is 2.19. The van der Waals surface area contributed by atoms with Crippen LogP contribution in [0.25, 0.3) is 0 Å². The summed E-state index contributed by atoms with van der Waals surface area (Å²) < 4.78 is 0. The predicted molar refractivity (Wildman–Crippen MR) is 62.3 cm³/mol. The van der Waals surface area contributed by atoms with Crippen molar-refractivity contribution in [3.05, 3.63) is 35.9 Å². The first-order valence-corrected chi connectivity index (χ1v) is 5.71. The SMILES string of the molecule is N#CC1(CC(=O)c2ccccc2)CCCC1=O. The Bertz CT molecular complexity index is 487. The van der Waals surface area contributed by atoms with Gasteiger partial charge in [0, 0.05) is 18.4 Å². The highest BCUT2D eigenvalue weighted by Gasteiger charge is 2.43. The van der Waals surface area contributed by atoms with Crippen LogP contribution in [0.15, 0.2) is 30.3 Å². The van der Waals surface area contributed by atoms with Gasteiger partial charge in [0.05, 0.1) is 6.07 Å². The second-order valence-corrected chi connectivity index (χ2v) is 4.44. The molecule has 0 saturated heterocycles. The molecule has 1 aliphatic rings. The Labute approximate surface area is 100 Å². The highest BCUT2D eigenvalue weighted by molar-refractivity contribution is 6.01. The minimum absolute atomic E-state index is 0.0202. The number of carbonyl (C=O) groups is 2. The normalized spacial score (nSPS) is 23.4. The van der Waals surface area contributed by atoms with E-state index in [1.54, 1.807) is 24.3 Å². The largest absolute Gasteiger partial charge is 0.298 e. The molecule has 0 spiro atoms. The first-order chi connectivity index (χ1) is 8.18. The molecule has 1 fully saturated rings. The van der Waals surface area contributed by atoms with Crippen LogP contribution >= 0.6 is 0 Å². The third-order valence-corrected chi connectivity index (χ3v) is 3.31. The zero-order chi connectivity index (χ0) is 12.3. The molecular weight excluding hydrogens is 214 g/mol. The Hall–Kier alpha value is -1.95. The van der Waals surface area contributed by atoms with Gasteiger partial charge in [-0.15, -0.1) is 0 Å². The molecule has 0 amide bonds. The van der Waals surface area contributed by atoms with Gasteiger partial charge in [-0.3, -0.25) is 9.59 Å². The van der Waals surface area contributed by atoms with E-state index in [1.165, 1.54) is 0 Å². The Kier molecular flexibility index (Phi) is 3.06. The van der Waals surface area contributed by atoms with Crippen molar-refractivity contribution in [1.29, 1.82) is 5.26 Å². The summed E-state index contributed by atoms with van der Waals surface area (Å²) in [6.45, 7) is 0. The van der Waals surface area contributed by atoms with Gasteiger partial charge in [0.25, 0.3) is 0 Å². The smallest absolute Gasteiger partial charge is 0.164 e. The fourth-order valence-electron chi connectivity index (χ4n) is 2.27. The van der Waals surface area contributed by atoms with E-state index >= 15 is 0 Å². The van der Waals surface area contributed by atoms with Gasteiger partial charge in [0.2, 0.25) is 0 Å². The molecule has 3 heteroatoms. The van der Waals surface area contributed by atoms with Gasteiger partial charge >= 0.3 is 0 Å². The average Bonchev–Trinajstić information content (AvgIpc) is 2.72. The van der Waals surface area contributed by atoms with Gasteiger partial charge in [-0.1, -0.05) is 30.3 Å². The maximum Gasteiger partial charge on any atom is 0.164 e. The van der Waals surface area contributed by atoms with Crippen LogP contribution in [0.4, 0.5) is 0 Å². The van der Waals surface area contributed by atoms with Crippen molar-refractivity contribution >= 4 is 11.6 Å². The van der Waals surface area contributed by atoms with E-state index in [-0.39, 0.29) is 18.0 Å². The average molecular weight is 227 g/mol. The first-order valence-electron chi connectivity index (χ1n) is 5.71. The first kappa shape index (κ1) is 11.5. The van der Waals surface area contributed by atoms with Gasteiger partial charge in [-0.25, -0.2) is 0 Å². The van der Waals surface area contributed by atoms with E-state index in [0.717, 1.165) is 0 Å². The molecule has 1 aromatic rings. The summed E-state index contributed by atoms with van der Waals surface area (Å²) in [5, 5.41) is 9.16. The molecule has 0 radical (unpaired) electrons. The number of hydrogen-bond donors (Lipinski definition) is 0. The number of ketones is 2. The van der Waals surface area contributed by atoms with Crippen LogP contribution < -0.4 is 0 Å². The molecular formula is C14H13NO2. The van der Waals surface area contributed by atoms with Crippen molar-refractivity contribution in [2.75, 3.05) is 0 Å². The zero-order valence-electron chi connectivity index (χ0n) is 9.48. The van der Waals surface area contributed by atoms with Crippen LogP contribution in [0.3, 0.4) is 0 Å². The van der Waals surface area contributed by atoms with Gasteiger partial charge in [0.1, 0.15) is 5.41 Å². The fraction of sp³-hybridized carbons (Fsp3) is 0.357. The van der Waals surface area contributed by atoms with Gasteiger partial charge in [0.15, 0.2) is 11.6 Å². The molecule has 0 heterocycles. The molecule has 3 nitrogen and oxygen atoms in total. The van der Waals surface area contributed by atoms with Crippen LogP contribution in [0.2, 0.25) is 0 Å². The van der Waals surface area contributed by atoms with Crippen molar-refractivity contribution in [3.8, 4) is 6.07 Å². The summed E-state index contributed by atoms with van der Waals surface area (Å²) in [6, 6.07) is 10.9. The lowest BCUT2D eigenvalue weighted by atomic mass is 9.80. The van der Waals surface area contributed by atoms with E-state index in [9.17, 15) is 9.59 Å². The number of benzene rings is 1. The fourth-order valence-corrected chi connectivity index (χ4v) is 2.27. The van der Waals surface area contributed by atoms with E-state index in [4.69, 9.17) is 5.26 Å². The highest BCUT2D eigenvalue weighted by Crippen LogP contribution is 2.38. The quantitative estimate of drug-likeness (QED) is 0.745. The van der Waals surface area contributed by atoms with Crippen LogP contribution in [0, 0.1) is 16.7 Å². The van der Waals surface area contributed by atoms with Gasteiger partial charge in [-0.2, -0.15) is 5.26 Å². The summed E-state index contributed by atoms with van der Waals surface area (Å²) in [6.07, 6.45) is 1.68. The van der Waals surface area contributed by atoms with E-state index < -0.39 is 5.41 Å². The van der Waals surface area contributed by atoms with Crippen molar-refractivity contribution in [1.82, 2.24) is 0 Å². The topological polar surface area (TPSA) is 57.9 Å². The number of hydrogen-bond acceptors (Lipinski definition) is 3. The number of rotatable bonds is 3. The number of nitriles is 1. The second kappa shape index (κ2) is 4.50. The number of nitrogens with zero attached hydrogens (tertiary/aromatic N) is 1. The van der Waals surface area contributed by atoms with Crippen molar-refractivity contribution in [2.45, 2.75) is 25.7 Å². The lowest BCUT2D eigenvalue weighted by Crippen LogP contribution is -2.27. The van der Waals surface area contributed by atoms with Crippen molar-refractivity contribution in [3.63, 3.8) is 0 Å².